The van der Waals surface area contributed by atoms with Gasteiger partial charge in [0.05, 0.1) is 15.9 Å². The van der Waals surface area contributed by atoms with E-state index in [2.05, 4.69) is 6.92 Å². The number of hydrogen-bond donors (Lipinski definition) is 0. The first-order valence-corrected chi connectivity index (χ1v) is 9.62. The molecule has 5 nitrogen and oxygen atoms in total. The SMILES string of the molecule is CCCCCCCCCCCC(=O)N(C)CCS(=O)(=O)[O-].[K+]. The van der Waals surface area contributed by atoms with Gasteiger partial charge in [0.2, 0.25) is 5.91 Å². The summed E-state index contributed by atoms with van der Waals surface area (Å²) in [5, 5.41) is 0. The van der Waals surface area contributed by atoms with Gasteiger partial charge in [-0.05, 0) is 6.42 Å². The quantitative estimate of drug-likeness (QED) is 0.262. The molecule has 0 atom stereocenters. The zero-order valence-electron chi connectivity index (χ0n) is 14.5. The molecule has 0 aliphatic rings. The maximum absolute atomic E-state index is 11.7. The van der Waals surface area contributed by atoms with Crippen molar-refractivity contribution in [1.29, 1.82) is 0 Å². The predicted octanol–water partition coefficient (Wildman–Crippen LogP) is -0.0851. The van der Waals surface area contributed by atoms with Crippen molar-refractivity contribution in [3.05, 3.63) is 0 Å². The summed E-state index contributed by atoms with van der Waals surface area (Å²) in [5.74, 6) is -0.589. The number of rotatable bonds is 13. The van der Waals surface area contributed by atoms with Crippen molar-refractivity contribution in [2.24, 2.45) is 0 Å². The molecule has 0 aromatic heterocycles. The first kappa shape index (κ1) is 25.3. The molecule has 7 heteroatoms. The number of carbonyl (C=O) groups excluding carboxylic acids is 1. The first-order valence-electron chi connectivity index (χ1n) is 8.04. The van der Waals surface area contributed by atoms with E-state index in [1.54, 1.807) is 7.05 Å². The van der Waals surface area contributed by atoms with Gasteiger partial charge in [0.25, 0.3) is 0 Å². The van der Waals surface area contributed by atoms with E-state index < -0.39 is 15.9 Å². The van der Waals surface area contributed by atoms with Gasteiger partial charge in [-0.2, -0.15) is 0 Å². The van der Waals surface area contributed by atoms with Gasteiger partial charge in [-0.15, -0.1) is 0 Å². The van der Waals surface area contributed by atoms with Crippen molar-refractivity contribution in [3.8, 4) is 0 Å². The minimum atomic E-state index is -4.24. The van der Waals surface area contributed by atoms with Crippen LogP contribution in [0.25, 0.3) is 0 Å². The fourth-order valence-corrected chi connectivity index (χ4v) is 2.65. The molecule has 0 radical (unpaired) electrons. The van der Waals surface area contributed by atoms with Gasteiger partial charge in [0.15, 0.2) is 0 Å². The maximum atomic E-state index is 11.7. The molecule has 0 saturated heterocycles. The Morgan fingerprint density at radius 3 is 1.86 bits per heavy atom. The monoisotopic (exact) mass is 359 g/mol. The third-order valence-electron chi connectivity index (χ3n) is 3.60. The predicted molar refractivity (Wildman–Crippen MR) is 84.0 cm³/mol. The van der Waals surface area contributed by atoms with Crippen LogP contribution in [0.2, 0.25) is 0 Å². The van der Waals surface area contributed by atoms with E-state index in [-0.39, 0.29) is 63.8 Å². The third kappa shape index (κ3) is 17.4. The fourth-order valence-electron chi connectivity index (χ4n) is 2.15. The minimum Gasteiger partial charge on any atom is -0.748 e. The van der Waals surface area contributed by atoms with Gasteiger partial charge in [0.1, 0.15) is 0 Å². The van der Waals surface area contributed by atoms with E-state index >= 15 is 0 Å². The van der Waals surface area contributed by atoms with Crippen molar-refractivity contribution >= 4 is 16.0 Å². The van der Waals surface area contributed by atoms with Crippen molar-refractivity contribution in [2.45, 2.75) is 71.1 Å². The second-order valence-electron chi connectivity index (χ2n) is 5.66. The summed E-state index contributed by atoms with van der Waals surface area (Å²) >= 11 is 0. The van der Waals surface area contributed by atoms with Crippen LogP contribution in [0, 0.1) is 0 Å². The summed E-state index contributed by atoms with van der Waals surface area (Å²) < 4.78 is 31.5. The molecule has 126 valence electrons. The van der Waals surface area contributed by atoms with Gasteiger partial charge < -0.3 is 9.45 Å². The number of hydrogen-bond acceptors (Lipinski definition) is 4. The van der Waals surface area contributed by atoms with Crippen LogP contribution in [0.3, 0.4) is 0 Å². The zero-order chi connectivity index (χ0) is 16.1. The Morgan fingerprint density at radius 1 is 0.955 bits per heavy atom. The molecule has 0 rings (SSSR count). The van der Waals surface area contributed by atoms with Crippen LogP contribution in [0.15, 0.2) is 0 Å². The molecule has 22 heavy (non-hydrogen) atoms. The van der Waals surface area contributed by atoms with Crippen LogP contribution in [0.1, 0.15) is 71.1 Å². The average molecular weight is 360 g/mol. The summed E-state index contributed by atoms with van der Waals surface area (Å²) in [6.07, 6.45) is 11.2. The Hall–Kier alpha value is 1.02. The Balaban J connectivity index is 0. The molecule has 0 spiro atoms. The largest absolute Gasteiger partial charge is 1.00 e. The molecule has 0 saturated carbocycles. The minimum absolute atomic E-state index is 0. The molecule has 0 aliphatic heterocycles. The van der Waals surface area contributed by atoms with Crippen molar-refractivity contribution in [3.63, 3.8) is 0 Å². The van der Waals surface area contributed by atoms with E-state index in [1.807, 2.05) is 0 Å². The van der Waals surface area contributed by atoms with E-state index in [0.717, 1.165) is 19.3 Å². The molecule has 0 bridgehead atoms. The number of carbonyl (C=O) groups is 1. The average Bonchev–Trinajstić information content (AvgIpc) is 2.41. The van der Waals surface area contributed by atoms with Gasteiger partial charge in [-0.1, -0.05) is 58.3 Å². The van der Waals surface area contributed by atoms with Crippen LogP contribution in [0.5, 0.6) is 0 Å². The standard InChI is InChI=1S/C15H31NO4S.K/c1-3-4-5-6-7-8-9-10-11-12-15(17)16(2)13-14-21(18,19)20;/h3-14H2,1-2H3,(H,18,19,20);/q;+1/p-1. The van der Waals surface area contributed by atoms with Gasteiger partial charge in [0, 0.05) is 20.0 Å². The maximum Gasteiger partial charge on any atom is 1.00 e. The number of nitrogens with zero attached hydrogens (tertiary/aromatic N) is 1. The Morgan fingerprint density at radius 2 is 1.41 bits per heavy atom. The van der Waals surface area contributed by atoms with Gasteiger partial charge >= 0.3 is 51.4 Å². The van der Waals surface area contributed by atoms with Gasteiger partial charge in [-0.25, -0.2) is 8.42 Å². The van der Waals surface area contributed by atoms with E-state index in [0.29, 0.717) is 6.42 Å². The third-order valence-corrected chi connectivity index (χ3v) is 4.28. The Kier molecular flexibility index (Phi) is 17.8. The normalized spacial score (nSPS) is 11.0. The van der Waals surface area contributed by atoms with Crippen LogP contribution in [0.4, 0.5) is 0 Å². The first-order chi connectivity index (χ1) is 9.87. The summed E-state index contributed by atoms with van der Waals surface area (Å²) in [6.45, 7) is 2.20. The second-order valence-corrected chi connectivity index (χ2v) is 7.18. The van der Waals surface area contributed by atoms with E-state index in [9.17, 15) is 17.8 Å². The number of amides is 1. The number of unbranched alkanes of at least 4 members (excludes halogenated alkanes) is 8. The van der Waals surface area contributed by atoms with Crippen LogP contribution in [-0.4, -0.2) is 43.1 Å². The molecule has 0 unspecified atom stereocenters. The second kappa shape index (κ2) is 15.5. The summed E-state index contributed by atoms with van der Waals surface area (Å²) in [7, 11) is -2.70. The molecule has 0 heterocycles. The summed E-state index contributed by atoms with van der Waals surface area (Å²) in [6, 6.07) is 0. The van der Waals surface area contributed by atoms with E-state index in [1.165, 1.54) is 43.4 Å². The molecule has 0 N–H and O–H groups in total. The van der Waals surface area contributed by atoms with Crippen LogP contribution < -0.4 is 51.4 Å². The van der Waals surface area contributed by atoms with E-state index in [4.69, 9.17) is 0 Å². The smallest absolute Gasteiger partial charge is 0.748 e. The van der Waals surface area contributed by atoms with Crippen molar-refractivity contribution in [1.82, 2.24) is 4.90 Å². The Labute approximate surface area is 178 Å². The zero-order valence-corrected chi connectivity index (χ0v) is 18.4. The summed E-state index contributed by atoms with van der Waals surface area (Å²) in [4.78, 5) is 13.0. The molecular weight excluding hydrogens is 329 g/mol. The molecular formula is C15H30KNO4S. The van der Waals surface area contributed by atoms with Crippen LogP contribution in [-0.2, 0) is 14.9 Å². The molecule has 0 aromatic rings. The molecule has 0 aliphatic carbocycles. The van der Waals surface area contributed by atoms with Crippen molar-refractivity contribution in [2.75, 3.05) is 19.3 Å². The van der Waals surface area contributed by atoms with Crippen LogP contribution >= 0.6 is 0 Å². The van der Waals surface area contributed by atoms with Gasteiger partial charge in [-0.3, -0.25) is 4.79 Å². The molecule has 0 aromatic carbocycles. The topological polar surface area (TPSA) is 77.5 Å². The fraction of sp³-hybridized carbons (Fsp3) is 0.933. The molecule has 1 amide bonds. The van der Waals surface area contributed by atoms with Crippen molar-refractivity contribution < 1.29 is 69.1 Å². The Bertz CT molecular complexity index is 374. The molecule has 0 fully saturated rings. The summed E-state index contributed by atoms with van der Waals surface area (Å²) in [5.41, 5.74) is 0.